The van der Waals surface area contributed by atoms with E-state index >= 15 is 0 Å². The first-order chi connectivity index (χ1) is 14.2. The summed E-state index contributed by atoms with van der Waals surface area (Å²) in [5, 5.41) is 7.78. The summed E-state index contributed by atoms with van der Waals surface area (Å²) in [6, 6.07) is 12.6. The Morgan fingerprint density at radius 1 is 1.17 bits per heavy atom. The van der Waals surface area contributed by atoms with Gasteiger partial charge in [0.05, 0.1) is 22.4 Å². The zero-order chi connectivity index (χ0) is 21.9. The van der Waals surface area contributed by atoms with Crippen molar-refractivity contribution in [3.05, 3.63) is 75.4 Å². The summed E-state index contributed by atoms with van der Waals surface area (Å²) < 4.78 is 41.4. The second-order valence-corrected chi connectivity index (χ2v) is 7.74. The van der Waals surface area contributed by atoms with Crippen molar-refractivity contribution >= 4 is 47.1 Å². The first-order valence-electron chi connectivity index (χ1n) is 8.23. The number of alkyl halides is 3. The highest BCUT2D eigenvalue weighted by atomic mass is 35.5. The maximum atomic E-state index is 13.4. The SMILES string of the molecule is Cn1nc(C(F)(F)F)c(C=NOC(=O)c2ccccc2Cl)c1Sc1ccc(Cl)cc1. The molecule has 0 saturated heterocycles. The molecule has 5 nitrogen and oxygen atoms in total. The molecule has 30 heavy (non-hydrogen) atoms. The van der Waals surface area contributed by atoms with Crippen LogP contribution in [0.2, 0.25) is 10.0 Å². The second-order valence-electron chi connectivity index (χ2n) is 5.84. The molecule has 156 valence electrons. The normalized spacial score (nSPS) is 11.8. The van der Waals surface area contributed by atoms with Crippen LogP contribution in [0.3, 0.4) is 0 Å². The summed E-state index contributed by atoms with van der Waals surface area (Å²) in [4.78, 5) is 17.4. The Morgan fingerprint density at radius 3 is 2.47 bits per heavy atom. The topological polar surface area (TPSA) is 56.5 Å². The van der Waals surface area contributed by atoms with Crippen LogP contribution in [0.5, 0.6) is 0 Å². The molecule has 0 amide bonds. The number of oxime groups is 1. The highest BCUT2D eigenvalue weighted by molar-refractivity contribution is 7.99. The van der Waals surface area contributed by atoms with Gasteiger partial charge in [0.1, 0.15) is 5.03 Å². The van der Waals surface area contributed by atoms with E-state index in [9.17, 15) is 18.0 Å². The lowest BCUT2D eigenvalue weighted by Crippen LogP contribution is -2.09. The Morgan fingerprint density at radius 2 is 1.83 bits per heavy atom. The van der Waals surface area contributed by atoms with E-state index in [1.165, 1.54) is 19.2 Å². The Labute approximate surface area is 183 Å². The Kier molecular flexibility index (Phi) is 6.74. The van der Waals surface area contributed by atoms with E-state index in [4.69, 9.17) is 28.0 Å². The van der Waals surface area contributed by atoms with Crippen molar-refractivity contribution < 1.29 is 22.8 Å². The Hall–Kier alpha value is -2.49. The average Bonchev–Trinajstić information content (AvgIpc) is 3.00. The predicted octanol–water partition coefficient (Wildman–Crippen LogP) is 6.09. The molecule has 0 radical (unpaired) electrons. The number of aromatic nitrogens is 2. The number of carbonyl (C=O) groups is 1. The highest BCUT2D eigenvalue weighted by Crippen LogP contribution is 2.37. The first-order valence-corrected chi connectivity index (χ1v) is 9.81. The van der Waals surface area contributed by atoms with Crippen molar-refractivity contribution in [2.45, 2.75) is 16.1 Å². The summed E-state index contributed by atoms with van der Waals surface area (Å²) in [6.45, 7) is 0. The fourth-order valence-electron chi connectivity index (χ4n) is 2.39. The smallest absolute Gasteiger partial charge is 0.313 e. The minimum atomic E-state index is -4.73. The van der Waals surface area contributed by atoms with Crippen LogP contribution < -0.4 is 0 Å². The zero-order valence-corrected chi connectivity index (χ0v) is 17.5. The molecule has 0 bridgehead atoms. The quantitative estimate of drug-likeness (QED) is 0.255. The zero-order valence-electron chi connectivity index (χ0n) is 15.2. The third-order valence-electron chi connectivity index (χ3n) is 3.74. The molecule has 3 rings (SSSR count). The molecule has 0 atom stereocenters. The van der Waals surface area contributed by atoms with Gasteiger partial charge in [0.25, 0.3) is 0 Å². The van der Waals surface area contributed by atoms with Crippen molar-refractivity contribution in [1.82, 2.24) is 9.78 Å². The van der Waals surface area contributed by atoms with Gasteiger partial charge in [0.15, 0.2) is 5.69 Å². The molecule has 2 aromatic carbocycles. The molecule has 0 N–H and O–H groups in total. The van der Waals surface area contributed by atoms with Crippen LogP contribution in [0, 0.1) is 0 Å². The van der Waals surface area contributed by atoms with Gasteiger partial charge in [-0.25, -0.2) is 4.79 Å². The van der Waals surface area contributed by atoms with Crippen molar-refractivity contribution in [3.8, 4) is 0 Å². The van der Waals surface area contributed by atoms with E-state index in [0.717, 1.165) is 22.7 Å². The maximum Gasteiger partial charge on any atom is 0.435 e. The van der Waals surface area contributed by atoms with Crippen LogP contribution in [-0.2, 0) is 18.1 Å². The fourth-order valence-corrected chi connectivity index (χ4v) is 3.66. The lowest BCUT2D eigenvalue weighted by Gasteiger charge is -2.05. The predicted molar refractivity (Wildman–Crippen MR) is 108 cm³/mol. The van der Waals surface area contributed by atoms with Gasteiger partial charge < -0.3 is 4.84 Å². The number of benzene rings is 2. The van der Waals surface area contributed by atoms with Crippen LogP contribution in [0.25, 0.3) is 0 Å². The van der Waals surface area contributed by atoms with Crippen molar-refractivity contribution in [2.75, 3.05) is 0 Å². The van der Waals surface area contributed by atoms with Gasteiger partial charge in [-0.3, -0.25) is 4.68 Å². The van der Waals surface area contributed by atoms with Crippen LogP contribution in [0.1, 0.15) is 21.6 Å². The number of hydrogen-bond acceptors (Lipinski definition) is 5. The van der Waals surface area contributed by atoms with E-state index in [2.05, 4.69) is 10.3 Å². The number of hydrogen-bond donors (Lipinski definition) is 0. The highest BCUT2D eigenvalue weighted by Gasteiger charge is 2.38. The number of aryl methyl sites for hydroxylation is 1. The molecule has 0 unspecified atom stereocenters. The van der Waals surface area contributed by atoms with Crippen molar-refractivity contribution in [2.24, 2.45) is 12.2 Å². The van der Waals surface area contributed by atoms with Gasteiger partial charge in [0.2, 0.25) is 0 Å². The minimum Gasteiger partial charge on any atom is -0.313 e. The molecule has 0 spiro atoms. The van der Waals surface area contributed by atoms with Crippen LogP contribution in [0.15, 0.2) is 63.6 Å². The van der Waals surface area contributed by atoms with Gasteiger partial charge >= 0.3 is 12.1 Å². The summed E-state index contributed by atoms with van der Waals surface area (Å²) in [6.07, 6.45) is -3.92. The van der Waals surface area contributed by atoms with Crippen molar-refractivity contribution in [1.29, 1.82) is 0 Å². The molecule has 0 aliphatic heterocycles. The van der Waals surface area contributed by atoms with Crippen molar-refractivity contribution in [3.63, 3.8) is 0 Å². The van der Waals surface area contributed by atoms with E-state index in [1.54, 1.807) is 36.4 Å². The molecule has 0 aliphatic rings. The van der Waals surface area contributed by atoms with Crippen LogP contribution in [0.4, 0.5) is 13.2 Å². The second kappa shape index (κ2) is 9.11. The van der Waals surface area contributed by atoms with E-state index in [-0.39, 0.29) is 21.2 Å². The van der Waals surface area contributed by atoms with Gasteiger partial charge in [-0.2, -0.15) is 18.3 Å². The summed E-state index contributed by atoms with van der Waals surface area (Å²) in [7, 11) is 1.38. The number of halogens is 5. The van der Waals surface area contributed by atoms with Crippen LogP contribution in [-0.4, -0.2) is 22.0 Å². The molecular formula is C19H12Cl2F3N3O2S. The molecule has 0 saturated carbocycles. The van der Waals surface area contributed by atoms with Gasteiger partial charge in [-0.1, -0.05) is 52.3 Å². The Balaban J connectivity index is 1.91. The standard InChI is InChI=1S/C19H12Cl2F3N3O2S/c1-27-17(30-12-8-6-11(20)7-9-12)14(16(26-27)19(22,23)24)10-25-29-18(28)13-4-2-3-5-15(13)21/h2-10H,1H3. The molecule has 11 heteroatoms. The first kappa shape index (κ1) is 22.2. The van der Waals surface area contributed by atoms with Gasteiger partial charge in [-0.15, -0.1) is 0 Å². The molecule has 0 aliphatic carbocycles. The minimum absolute atomic E-state index is 0.0364. The van der Waals surface area contributed by atoms with Crippen LogP contribution >= 0.6 is 35.0 Å². The number of nitrogens with zero attached hydrogens (tertiary/aromatic N) is 3. The van der Waals surface area contributed by atoms with E-state index in [1.807, 2.05) is 0 Å². The third-order valence-corrected chi connectivity index (χ3v) is 5.50. The molecule has 1 aromatic heterocycles. The monoisotopic (exact) mass is 473 g/mol. The third kappa shape index (κ3) is 5.16. The van der Waals surface area contributed by atoms with E-state index in [0.29, 0.717) is 9.92 Å². The number of carbonyl (C=O) groups excluding carboxylic acids is 1. The van der Waals surface area contributed by atoms with Gasteiger partial charge in [0, 0.05) is 17.0 Å². The number of rotatable bonds is 5. The molecule has 3 aromatic rings. The largest absolute Gasteiger partial charge is 0.435 e. The average molecular weight is 474 g/mol. The molecule has 1 heterocycles. The van der Waals surface area contributed by atoms with E-state index < -0.39 is 17.8 Å². The molecule has 0 fully saturated rings. The lowest BCUT2D eigenvalue weighted by atomic mass is 10.2. The lowest BCUT2D eigenvalue weighted by molar-refractivity contribution is -0.141. The fraction of sp³-hybridized carbons (Fsp3) is 0.105. The summed E-state index contributed by atoms with van der Waals surface area (Å²) in [5.41, 5.74) is -1.45. The van der Waals surface area contributed by atoms with Gasteiger partial charge in [-0.05, 0) is 36.4 Å². The molecular weight excluding hydrogens is 462 g/mol. The summed E-state index contributed by atoms with van der Waals surface area (Å²) in [5.74, 6) is -0.902. The summed E-state index contributed by atoms with van der Waals surface area (Å²) >= 11 is 12.8. The maximum absolute atomic E-state index is 13.4. The Bertz CT molecular complexity index is 1100.